The number of carbonyl (C=O) groups is 2. The molecule has 0 aliphatic carbocycles. The molecule has 12 nitrogen and oxygen atoms in total. The molecule has 2 aliphatic heterocycles. The van der Waals surface area contributed by atoms with Gasteiger partial charge in [-0.25, -0.2) is 19.6 Å². The van der Waals surface area contributed by atoms with Gasteiger partial charge in [-0.2, -0.15) is 15.2 Å². The van der Waals surface area contributed by atoms with Crippen LogP contribution in [-0.2, 0) is 14.2 Å². The second-order valence-corrected chi connectivity index (χ2v) is 13.5. The zero-order valence-corrected chi connectivity index (χ0v) is 28.2. The highest BCUT2D eigenvalue weighted by Crippen LogP contribution is 2.38. The van der Waals surface area contributed by atoms with Crippen LogP contribution in [0.3, 0.4) is 0 Å². The van der Waals surface area contributed by atoms with E-state index in [9.17, 15) is 14.9 Å². The molecule has 4 atom stereocenters. The van der Waals surface area contributed by atoms with Crippen LogP contribution in [0, 0.1) is 11.3 Å². The molecule has 14 heteroatoms. The van der Waals surface area contributed by atoms with E-state index in [0.717, 1.165) is 25.9 Å². The molecule has 2 aromatic heterocycles. The van der Waals surface area contributed by atoms with Gasteiger partial charge < -0.3 is 19.6 Å². The molecule has 5 aromatic rings. The van der Waals surface area contributed by atoms with Crippen molar-refractivity contribution < 1.29 is 23.8 Å². The molecular weight excluding hydrogens is 678 g/mol. The lowest BCUT2D eigenvalue weighted by Crippen LogP contribution is -2.39. The van der Waals surface area contributed by atoms with Gasteiger partial charge in [0.1, 0.15) is 6.10 Å². The van der Waals surface area contributed by atoms with Gasteiger partial charge in [0, 0.05) is 23.2 Å². The fourth-order valence-electron chi connectivity index (χ4n) is 6.07. The number of nitrogens with one attached hydrogen (secondary N) is 1. The largest absolute Gasteiger partial charge is 0.452 e. The Kier molecular flexibility index (Phi) is 10.2. The Hall–Kier alpha value is -5.00. The zero-order chi connectivity index (χ0) is 34.5. The zero-order valence-electron chi connectivity index (χ0n) is 26.7. The normalized spacial score (nSPS) is 21.0. The number of imidazole rings is 1. The van der Waals surface area contributed by atoms with Crippen LogP contribution >= 0.6 is 23.4 Å². The Bertz CT molecular complexity index is 1990. The van der Waals surface area contributed by atoms with Gasteiger partial charge >= 0.3 is 11.9 Å². The average molecular weight is 710 g/mol. The SMILES string of the molecule is N#CC[C@H]1O[C@@H](n2cnc3c(NN4CCC(Sc5ccccc5)CC4)nc(Cl)nc32)[C@H](OC(=O)c2ccccc2)[C@@H]1OC(=O)c1ccccc1. The summed E-state index contributed by atoms with van der Waals surface area (Å²) in [6, 6.07) is 29.3. The molecule has 4 heterocycles. The standard InChI is InChI=1S/C36H32ClN7O5S/c37-36-40-31(42-43-20-17-26(18-21-43)50-25-14-8-3-9-15-25)28-32(41-36)44(22-39-28)33-30(49-35(46)24-12-6-2-7-13-24)29(27(47-33)16-19-38)48-34(45)23-10-4-1-5-11-23/h1-15,22,26-27,29-30,33H,16-18,20-21H2,(H,40,41,42)/t27-,29-,30-,33-/m1/s1. The van der Waals surface area contributed by atoms with E-state index in [1.54, 1.807) is 65.2 Å². The van der Waals surface area contributed by atoms with Crippen molar-refractivity contribution in [3.8, 4) is 6.07 Å². The smallest absolute Gasteiger partial charge is 0.338 e. The average Bonchev–Trinajstić information content (AvgIpc) is 3.71. The highest BCUT2D eigenvalue weighted by Gasteiger charge is 2.51. The lowest BCUT2D eigenvalue weighted by Gasteiger charge is -2.32. The number of carbonyl (C=O) groups excluding carboxylic acids is 2. The van der Waals surface area contributed by atoms with Gasteiger partial charge in [-0.15, -0.1) is 11.8 Å². The molecule has 254 valence electrons. The highest BCUT2D eigenvalue weighted by molar-refractivity contribution is 8.00. The van der Waals surface area contributed by atoms with Crippen molar-refractivity contribution in [2.24, 2.45) is 0 Å². The van der Waals surface area contributed by atoms with Crippen LogP contribution in [-0.4, -0.2) is 73.1 Å². The maximum absolute atomic E-state index is 13.4. The molecule has 0 saturated carbocycles. The Morgan fingerprint density at radius 3 is 2.12 bits per heavy atom. The fourth-order valence-corrected chi connectivity index (χ4v) is 7.38. The predicted octanol–water partition coefficient (Wildman–Crippen LogP) is 6.33. The first-order valence-corrected chi connectivity index (χ1v) is 17.4. The lowest BCUT2D eigenvalue weighted by atomic mass is 10.1. The van der Waals surface area contributed by atoms with Crippen molar-refractivity contribution in [3.63, 3.8) is 0 Å². The van der Waals surface area contributed by atoms with Crippen molar-refractivity contribution in [2.75, 3.05) is 18.5 Å². The van der Waals surface area contributed by atoms with Crippen molar-refractivity contribution in [1.82, 2.24) is 24.5 Å². The van der Waals surface area contributed by atoms with Crippen LogP contribution in [0.4, 0.5) is 5.82 Å². The Morgan fingerprint density at radius 2 is 1.50 bits per heavy atom. The number of hydrazine groups is 1. The topological polar surface area (TPSA) is 144 Å². The van der Waals surface area contributed by atoms with Crippen molar-refractivity contribution >= 4 is 52.3 Å². The number of hydrogen-bond donors (Lipinski definition) is 1. The number of benzene rings is 3. The number of aromatic nitrogens is 4. The number of thioether (sulfide) groups is 1. The second kappa shape index (κ2) is 15.3. The summed E-state index contributed by atoms with van der Waals surface area (Å²) in [5.74, 6) is -0.901. The summed E-state index contributed by atoms with van der Waals surface area (Å²) < 4.78 is 19.9. The fraction of sp³-hybridized carbons (Fsp3) is 0.278. The first-order valence-electron chi connectivity index (χ1n) is 16.1. The number of nitriles is 1. The number of rotatable bonds is 10. The van der Waals surface area contributed by atoms with Crippen LogP contribution in [0.1, 0.15) is 46.2 Å². The van der Waals surface area contributed by atoms with E-state index in [2.05, 4.69) is 55.7 Å². The van der Waals surface area contributed by atoms with Gasteiger partial charge in [0.05, 0.1) is 29.9 Å². The van der Waals surface area contributed by atoms with E-state index < -0.39 is 36.5 Å². The number of ether oxygens (including phenoxy) is 3. The first-order chi connectivity index (χ1) is 24.5. The third-order valence-corrected chi connectivity index (χ3v) is 10.0. The molecule has 0 radical (unpaired) electrons. The van der Waals surface area contributed by atoms with Crippen LogP contribution in [0.2, 0.25) is 5.28 Å². The van der Waals surface area contributed by atoms with Crippen LogP contribution in [0.25, 0.3) is 11.2 Å². The molecule has 1 N–H and O–H groups in total. The van der Waals surface area contributed by atoms with Crippen molar-refractivity contribution in [3.05, 3.63) is 114 Å². The summed E-state index contributed by atoms with van der Waals surface area (Å²) in [5, 5.41) is 12.2. The summed E-state index contributed by atoms with van der Waals surface area (Å²) in [6.45, 7) is 1.56. The summed E-state index contributed by atoms with van der Waals surface area (Å²) in [7, 11) is 0. The van der Waals surface area contributed by atoms with Crippen LogP contribution in [0.5, 0.6) is 0 Å². The molecule has 0 spiro atoms. The molecule has 0 bridgehead atoms. The van der Waals surface area contributed by atoms with Gasteiger partial charge in [0.25, 0.3) is 0 Å². The Labute approximate surface area is 297 Å². The predicted molar refractivity (Wildman–Crippen MR) is 186 cm³/mol. The summed E-state index contributed by atoms with van der Waals surface area (Å²) in [6.07, 6.45) is -1.05. The summed E-state index contributed by atoms with van der Waals surface area (Å²) in [4.78, 5) is 41.5. The van der Waals surface area contributed by atoms with Gasteiger partial charge in [0.15, 0.2) is 35.4 Å². The molecule has 7 rings (SSSR count). The molecule has 3 aromatic carbocycles. The van der Waals surface area contributed by atoms with Crippen LogP contribution in [0.15, 0.2) is 102 Å². The number of nitrogens with zero attached hydrogens (tertiary/aromatic N) is 6. The maximum Gasteiger partial charge on any atom is 0.338 e. The minimum absolute atomic E-state index is 0.0345. The van der Waals surface area contributed by atoms with Crippen LogP contribution < -0.4 is 5.43 Å². The minimum atomic E-state index is -1.18. The van der Waals surface area contributed by atoms with Crippen molar-refractivity contribution in [2.45, 2.75) is 53.9 Å². The molecule has 50 heavy (non-hydrogen) atoms. The monoisotopic (exact) mass is 709 g/mol. The molecule has 0 unspecified atom stereocenters. The third kappa shape index (κ3) is 7.44. The highest BCUT2D eigenvalue weighted by atomic mass is 35.5. The van der Waals surface area contributed by atoms with E-state index in [1.807, 2.05) is 17.8 Å². The molecular formula is C36H32ClN7O5S. The maximum atomic E-state index is 13.4. The Morgan fingerprint density at radius 1 is 0.900 bits per heavy atom. The van der Waals surface area contributed by atoms with Crippen molar-refractivity contribution in [1.29, 1.82) is 5.26 Å². The van der Waals surface area contributed by atoms with Gasteiger partial charge in [-0.05, 0) is 60.8 Å². The number of anilines is 1. The van der Waals surface area contributed by atoms with E-state index in [-0.39, 0.29) is 11.7 Å². The summed E-state index contributed by atoms with van der Waals surface area (Å²) in [5.41, 5.74) is 4.68. The van der Waals surface area contributed by atoms with Gasteiger partial charge in [0.2, 0.25) is 5.28 Å². The summed E-state index contributed by atoms with van der Waals surface area (Å²) >= 11 is 8.36. The molecule has 2 aliphatic rings. The van der Waals surface area contributed by atoms with Gasteiger partial charge in [-0.1, -0.05) is 54.6 Å². The van der Waals surface area contributed by atoms with E-state index >= 15 is 0 Å². The number of halogens is 1. The minimum Gasteiger partial charge on any atom is -0.452 e. The first kappa shape index (κ1) is 33.5. The lowest BCUT2D eigenvalue weighted by molar-refractivity contribution is -0.0484. The number of hydrogen-bond acceptors (Lipinski definition) is 12. The van der Waals surface area contributed by atoms with Gasteiger partial charge in [-0.3, -0.25) is 4.57 Å². The van der Waals surface area contributed by atoms with E-state index in [0.29, 0.717) is 33.4 Å². The third-order valence-electron chi connectivity index (χ3n) is 8.50. The molecule has 0 amide bonds. The number of piperidine rings is 1. The molecule has 2 fully saturated rings. The Balaban J connectivity index is 1.16. The van der Waals surface area contributed by atoms with E-state index in [4.69, 9.17) is 25.8 Å². The second-order valence-electron chi connectivity index (χ2n) is 11.8. The van der Waals surface area contributed by atoms with E-state index in [1.165, 1.54) is 11.2 Å². The quantitative estimate of drug-likeness (QED) is 0.128. The molecule has 2 saturated heterocycles. The number of esters is 2. The number of fused-ring (bicyclic) bond motifs is 1.